The van der Waals surface area contributed by atoms with Gasteiger partial charge in [0.2, 0.25) is 5.30 Å². The maximum atomic E-state index is 12.6. The lowest BCUT2D eigenvalue weighted by atomic mass is 9.52. The molecular formula is C19H24O4P+. The molecule has 4 saturated carbocycles. The minimum atomic E-state index is -1.63. The summed E-state index contributed by atoms with van der Waals surface area (Å²) >= 11 is 0. The van der Waals surface area contributed by atoms with E-state index < -0.39 is 7.80 Å². The number of hydrogen-bond donors (Lipinski definition) is 0. The third kappa shape index (κ3) is 2.60. The van der Waals surface area contributed by atoms with Crippen LogP contribution in [0.3, 0.4) is 0 Å². The van der Waals surface area contributed by atoms with Crippen LogP contribution in [0, 0.1) is 29.6 Å². The zero-order valence-electron chi connectivity index (χ0n) is 13.8. The summed E-state index contributed by atoms with van der Waals surface area (Å²) in [6.07, 6.45) is 7.11. The largest absolute Gasteiger partial charge is 0.489 e. The van der Waals surface area contributed by atoms with Crippen LogP contribution in [-0.2, 0) is 14.3 Å². The first-order valence-electron chi connectivity index (χ1n) is 9.24. The summed E-state index contributed by atoms with van der Waals surface area (Å²) in [5.41, 5.74) is 0. The average Bonchev–Trinajstić information content (AvgIpc) is 2.52. The molecule has 0 radical (unpaired) electrons. The van der Waals surface area contributed by atoms with Gasteiger partial charge >= 0.3 is 13.6 Å². The highest BCUT2D eigenvalue weighted by atomic mass is 31.1. The van der Waals surface area contributed by atoms with E-state index in [9.17, 15) is 4.57 Å². The van der Waals surface area contributed by atoms with Crippen molar-refractivity contribution in [3.05, 3.63) is 24.3 Å². The summed E-state index contributed by atoms with van der Waals surface area (Å²) in [5, 5.41) is 0.768. The Morgan fingerprint density at radius 1 is 1.04 bits per heavy atom. The van der Waals surface area contributed by atoms with E-state index in [1.807, 2.05) is 24.3 Å². The van der Waals surface area contributed by atoms with Gasteiger partial charge in [0.15, 0.2) is 12.4 Å². The van der Waals surface area contributed by atoms with Gasteiger partial charge in [0.25, 0.3) is 0 Å². The number of para-hydroxylation sites is 1. The van der Waals surface area contributed by atoms with Gasteiger partial charge in [0, 0.05) is 0 Å². The lowest BCUT2D eigenvalue weighted by Crippen LogP contribution is -2.47. The van der Waals surface area contributed by atoms with Crippen LogP contribution in [0.2, 0.25) is 0 Å². The Labute approximate surface area is 143 Å². The lowest BCUT2D eigenvalue weighted by molar-refractivity contribution is -0.399. The standard InChI is InChI=1S/C19H24O4P/c20-24(19-11-22-23-19)18-4-2-1-3-17(18)21-10-16-14-6-12-5-13(8-14)9-15(16)7-12/h1-4,12-16,19H,5-11H2/q+1. The molecule has 0 spiro atoms. The van der Waals surface area contributed by atoms with E-state index in [-0.39, 0.29) is 5.85 Å². The summed E-state index contributed by atoms with van der Waals surface area (Å²) in [5.74, 6) is 4.81. The van der Waals surface area contributed by atoms with Crippen LogP contribution in [0.4, 0.5) is 0 Å². The summed E-state index contributed by atoms with van der Waals surface area (Å²) in [7, 11) is -1.63. The lowest BCUT2D eigenvalue weighted by Gasteiger charge is -2.54. The fourth-order valence-corrected chi connectivity index (χ4v) is 6.88. The number of ether oxygens (including phenoxy) is 1. The third-order valence-electron chi connectivity index (χ3n) is 6.61. The second-order valence-electron chi connectivity index (χ2n) is 8.03. The molecule has 2 unspecified atom stereocenters. The van der Waals surface area contributed by atoms with Crippen molar-refractivity contribution in [3.8, 4) is 5.75 Å². The molecule has 1 aliphatic heterocycles. The number of hydrogen-bond acceptors (Lipinski definition) is 4. The van der Waals surface area contributed by atoms with Crippen molar-refractivity contribution < 1.29 is 19.1 Å². The molecule has 5 aliphatic rings. The van der Waals surface area contributed by atoms with E-state index in [1.165, 1.54) is 32.1 Å². The van der Waals surface area contributed by atoms with E-state index in [4.69, 9.17) is 14.5 Å². The van der Waals surface area contributed by atoms with Crippen molar-refractivity contribution in [2.24, 2.45) is 29.6 Å². The molecule has 4 nitrogen and oxygen atoms in total. The Bertz CT molecular complexity index is 614. The van der Waals surface area contributed by atoms with Crippen molar-refractivity contribution in [1.29, 1.82) is 0 Å². The van der Waals surface area contributed by atoms with Gasteiger partial charge in [-0.05, 0) is 73.8 Å². The Balaban J connectivity index is 1.29. The Hall–Kier alpha value is -0.960. The van der Waals surface area contributed by atoms with Gasteiger partial charge < -0.3 is 4.74 Å². The van der Waals surface area contributed by atoms with Crippen molar-refractivity contribution in [2.75, 3.05) is 13.2 Å². The second kappa shape index (κ2) is 6.09. The smallest absolute Gasteiger partial charge is 0.417 e. The fraction of sp³-hybridized carbons (Fsp3) is 0.684. The quantitative estimate of drug-likeness (QED) is 0.599. The fourth-order valence-electron chi connectivity index (χ4n) is 5.65. The molecule has 1 aromatic carbocycles. The zero-order valence-corrected chi connectivity index (χ0v) is 14.7. The molecule has 6 rings (SSSR count). The van der Waals surface area contributed by atoms with E-state index in [0.717, 1.165) is 41.3 Å². The van der Waals surface area contributed by atoms with Crippen molar-refractivity contribution in [1.82, 2.24) is 0 Å². The monoisotopic (exact) mass is 347 g/mol. The van der Waals surface area contributed by atoms with Gasteiger partial charge in [-0.3, -0.25) is 0 Å². The number of rotatable bonds is 5. The summed E-state index contributed by atoms with van der Waals surface area (Å²) in [6.45, 7) is 1.18. The molecule has 5 fully saturated rings. The summed E-state index contributed by atoms with van der Waals surface area (Å²) in [6, 6.07) is 7.71. The van der Waals surface area contributed by atoms with Crippen LogP contribution >= 0.6 is 7.80 Å². The molecule has 0 N–H and O–H groups in total. The van der Waals surface area contributed by atoms with Crippen LogP contribution in [0.1, 0.15) is 32.1 Å². The van der Waals surface area contributed by atoms with Crippen LogP contribution < -0.4 is 10.0 Å². The maximum Gasteiger partial charge on any atom is 0.417 e. The van der Waals surface area contributed by atoms with Gasteiger partial charge in [0.05, 0.1) is 6.61 Å². The zero-order chi connectivity index (χ0) is 16.1. The van der Waals surface area contributed by atoms with Crippen LogP contribution in [-0.4, -0.2) is 19.1 Å². The summed E-state index contributed by atoms with van der Waals surface area (Å²) < 4.78 is 18.8. The minimum absolute atomic E-state index is 0.328. The molecule has 0 aromatic heterocycles. The predicted octanol–water partition coefficient (Wildman–Crippen LogP) is 3.88. The first-order chi connectivity index (χ1) is 11.8. The van der Waals surface area contributed by atoms with Gasteiger partial charge in [-0.2, -0.15) is 4.89 Å². The molecule has 4 bridgehead atoms. The SMILES string of the molecule is O=[P+](c1ccccc1OCC1C2CC3CC(C2)CC1C3)C1COO1. The summed E-state index contributed by atoms with van der Waals surface area (Å²) in [4.78, 5) is 9.65. The first kappa shape index (κ1) is 15.3. The predicted molar refractivity (Wildman–Crippen MR) is 90.5 cm³/mol. The van der Waals surface area contributed by atoms with E-state index in [1.54, 1.807) is 0 Å². The molecule has 5 heteroatoms. The van der Waals surface area contributed by atoms with Gasteiger partial charge in [-0.1, -0.05) is 16.7 Å². The molecule has 1 aromatic rings. The van der Waals surface area contributed by atoms with E-state index in [2.05, 4.69) is 0 Å². The Kier molecular flexibility index (Phi) is 3.88. The minimum Gasteiger partial charge on any atom is -0.489 e. The Morgan fingerprint density at radius 2 is 1.71 bits per heavy atom. The highest BCUT2D eigenvalue weighted by Crippen LogP contribution is 2.56. The topological polar surface area (TPSA) is 44.8 Å². The maximum absolute atomic E-state index is 12.6. The normalized spacial score (nSPS) is 40.2. The van der Waals surface area contributed by atoms with Crippen LogP contribution in [0.5, 0.6) is 5.75 Å². The van der Waals surface area contributed by atoms with Crippen molar-refractivity contribution in [2.45, 2.75) is 37.9 Å². The molecule has 1 saturated heterocycles. The second-order valence-corrected chi connectivity index (χ2v) is 9.74. The van der Waals surface area contributed by atoms with E-state index in [0.29, 0.717) is 12.5 Å². The highest BCUT2D eigenvalue weighted by Gasteiger charge is 2.48. The van der Waals surface area contributed by atoms with Crippen molar-refractivity contribution in [3.63, 3.8) is 0 Å². The van der Waals surface area contributed by atoms with Crippen LogP contribution in [0.15, 0.2) is 24.3 Å². The molecule has 2 atom stereocenters. The molecule has 128 valence electrons. The van der Waals surface area contributed by atoms with Crippen LogP contribution in [0.25, 0.3) is 0 Å². The third-order valence-corrected chi connectivity index (χ3v) is 8.21. The first-order valence-corrected chi connectivity index (χ1v) is 10.6. The Morgan fingerprint density at radius 3 is 2.33 bits per heavy atom. The van der Waals surface area contributed by atoms with Gasteiger partial charge in [-0.15, -0.1) is 0 Å². The van der Waals surface area contributed by atoms with Crippen molar-refractivity contribution >= 4 is 13.1 Å². The van der Waals surface area contributed by atoms with Gasteiger partial charge in [-0.25, -0.2) is 4.89 Å². The molecule has 0 amide bonds. The highest BCUT2D eigenvalue weighted by molar-refractivity contribution is 7.54. The molecule has 4 aliphatic carbocycles. The number of benzene rings is 1. The average molecular weight is 347 g/mol. The molecular weight excluding hydrogens is 323 g/mol. The van der Waals surface area contributed by atoms with Gasteiger partial charge in [0.1, 0.15) is 0 Å². The molecule has 1 heterocycles. The molecule has 24 heavy (non-hydrogen) atoms. The van der Waals surface area contributed by atoms with E-state index >= 15 is 0 Å².